The zero-order valence-electron chi connectivity index (χ0n) is 10.1. The fourth-order valence-corrected chi connectivity index (χ4v) is 1.58. The number of carbonyl (C=O) groups excluding carboxylic acids is 2. The fourth-order valence-electron chi connectivity index (χ4n) is 1.58. The third-order valence-electron chi connectivity index (χ3n) is 2.57. The van der Waals surface area contributed by atoms with Crippen LogP contribution in [0.2, 0.25) is 0 Å². The van der Waals surface area contributed by atoms with Gasteiger partial charge in [-0.05, 0) is 31.4 Å². The van der Waals surface area contributed by atoms with Gasteiger partial charge in [-0.15, -0.1) is 0 Å². The minimum absolute atomic E-state index is 0.243. The average Bonchev–Trinajstić information content (AvgIpc) is 2.43. The third kappa shape index (κ3) is 4.79. The molecule has 1 amide bonds. The van der Waals surface area contributed by atoms with Crippen LogP contribution in [0.1, 0.15) is 36.0 Å². The molecule has 18 heavy (non-hydrogen) atoms. The molecule has 0 aromatic heterocycles. The quantitative estimate of drug-likeness (QED) is 0.589. The number of nitrogens with zero attached hydrogens (tertiary/aromatic N) is 1. The van der Waals surface area contributed by atoms with Crippen LogP contribution in [0.15, 0.2) is 30.3 Å². The highest BCUT2D eigenvalue weighted by Crippen LogP contribution is 2.04. The lowest BCUT2D eigenvalue weighted by atomic mass is 10.1. The van der Waals surface area contributed by atoms with Crippen molar-refractivity contribution in [2.45, 2.75) is 31.7 Å². The van der Waals surface area contributed by atoms with Gasteiger partial charge in [-0.3, -0.25) is 4.79 Å². The van der Waals surface area contributed by atoms with Gasteiger partial charge in [0.25, 0.3) is 5.91 Å². The van der Waals surface area contributed by atoms with E-state index in [0.29, 0.717) is 18.4 Å². The first-order chi connectivity index (χ1) is 8.77. The van der Waals surface area contributed by atoms with Crippen LogP contribution in [0.3, 0.4) is 0 Å². The normalized spacial score (nSPS) is 11.3. The molecule has 1 aromatic rings. The topological polar surface area (TPSA) is 70.0 Å². The molecule has 0 aliphatic heterocycles. The summed E-state index contributed by atoms with van der Waals surface area (Å²) < 4.78 is 0. The zero-order valence-corrected chi connectivity index (χ0v) is 10.1. The number of benzene rings is 1. The molecule has 0 bridgehead atoms. The summed E-state index contributed by atoms with van der Waals surface area (Å²) in [5.41, 5.74) is 0.543. The van der Waals surface area contributed by atoms with Crippen molar-refractivity contribution in [1.82, 2.24) is 5.32 Å². The molecule has 0 aliphatic carbocycles. The molecule has 94 valence electrons. The van der Waals surface area contributed by atoms with Gasteiger partial charge in [0.05, 0.1) is 12.1 Å². The average molecular weight is 244 g/mol. The molecule has 0 spiro atoms. The maximum atomic E-state index is 11.8. The van der Waals surface area contributed by atoms with Crippen LogP contribution in [-0.2, 0) is 4.79 Å². The molecule has 0 heterocycles. The molecule has 1 rings (SSSR count). The zero-order chi connectivity index (χ0) is 13.2. The van der Waals surface area contributed by atoms with E-state index in [0.717, 1.165) is 19.1 Å². The Bertz CT molecular complexity index is 423. The summed E-state index contributed by atoms with van der Waals surface area (Å²) in [5.74, 6) is -0.243. The first-order valence-electron chi connectivity index (χ1n) is 5.96. The Hall–Kier alpha value is -2.15. The summed E-state index contributed by atoms with van der Waals surface area (Å²) >= 11 is 0. The summed E-state index contributed by atoms with van der Waals surface area (Å²) in [4.78, 5) is 22.6. The summed E-state index contributed by atoms with van der Waals surface area (Å²) in [6.45, 7) is 0. The second kappa shape index (κ2) is 8.02. The number of hydrogen-bond donors (Lipinski definition) is 1. The van der Waals surface area contributed by atoms with Crippen molar-refractivity contribution in [3.63, 3.8) is 0 Å². The number of rotatable bonds is 7. The van der Waals surface area contributed by atoms with Gasteiger partial charge in [0.2, 0.25) is 0 Å². The Morgan fingerprint density at radius 1 is 1.33 bits per heavy atom. The molecule has 0 unspecified atom stereocenters. The Balaban J connectivity index is 2.41. The molecule has 0 fully saturated rings. The van der Waals surface area contributed by atoms with Crippen molar-refractivity contribution in [2.24, 2.45) is 0 Å². The van der Waals surface area contributed by atoms with Gasteiger partial charge in [0.15, 0.2) is 0 Å². The van der Waals surface area contributed by atoms with Crippen molar-refractivity contribution in [1.29, 1.82) is 5.26 Å². The van der Waals surface area contributed by atoms with Gasteiger partial charge in [-0.2, -0.15) is 5.26 Å². The summed E-state index contributed by atoms with van der Waals surface area (Å²) in [5, 5.41) is 11.1. The second-order valence-corrected chi connectivity index (χ2v) is 3.99. The van der Waals surface area contributed by atoms with Crippen LogP contribution in [0.25, 0.3) is 0 Å². The Labute approximate surface area is 107 Å². The third-order valence-corrected chi connectivity index (χ3v) is 2.57. The van der Waals surface area contributed by atoms with Crippen molar-refractivity contribution < 1.29 is 9.59 Å². The minimum Gasteiger partial charge on any atom is -0.343 e. The Kier molecular flexibility index (Phi) is 6.20. The van der Waals surface area contributed by atoms with Crippen LogP contribution >= 0.6 is 0 Å². The van der Waals surface area contributed by atoms with Crippen LogP contribution < -0.4 is 5.32 Å². The van der Waals surface area contributed by atoms with E-state index in [-0.39, 0.29) is 5.91 Å². The van der Waals surface area contributed by atoms with Gasteiger partial charge in [-0.25, -0.2) is 0 Å². The van der Waals surface area contributed by atoms with Gasteiger partial charge in [0.1, 0.15) is 6.29 Å². The number of nitriles is 1. The lowest BCUT2D eigenvalue weighted by molar-refractivity contribution is -0.109. The summed E-state index contributed by atoms with van der Waals surface area (Å²) in [6, 6.07) is 10.4. The highest BCUT2D eigenvalue weighted by molar-refractivity contribution is 5.95. The van der Waals surface area contributed by atoms with Crippen LogP contribution in [0, 0.1) is 11.3 Å². The molecule has 4 heteroatoms. The monoisotopic (exact) mass is 244 g/mol. The summed E-state index contributed by atoms with van der Waals surface area (Å²) in [7, 11) is 0. The number of carbonyl (C=O) groups is 2. The lowest BCUT2D eigenvalue weighted by Gasteiger charge is -2.12. The number of amides is 1. The van der Waals surface area contributed by atoms with Crippen LogP contribution in [0.4, 0.5) is 0 Å². The van der Waals surface area contributed by atoms with Crippen LogP contribution in [0.5, 0.6) is 0 Å². The van der Waals surface area contributed by atoms with E-state index >= 15 is 0 Å². The highest BCUT2D eigenvalue weighted by Gasteiger charge is 2.12. The molecule has 0 saturated carbocycles. The van der Waals surface area contributed by atoms with E-state index in [1.807, 2.05) is 6.07 Å². The predicted octanol–water partition coefficient (Wildman–Crippen LogP) is 2.07. The Morgan fingerprint density at radius 3 is 2.67 bits per heavy atom. The predicted molar refractivity (Wildman–Crippen MR) is 67.8 cm³/mol. The molecular weight excluding hydrogens is 228 g/mol. The number of hydrogen-bond acceptors (Lipinski definition) is 3. The smallest absolute Gasteiger partial charge is 0.251 e. The summed E-state index contributed by atoms with van der Waals surface area (Å²) in [6.07, 6.45) is 3.31. The lowest BCUT2D eigenvalue weighted by Crippen LogP contribution is -2.35. The van der Waals surface area contributed by atoms with E-state index in [9.17, 15) is 9.59 Å². The molecule has 0 aliphatic rings. The SMILES string of the molecule is N#CCCCC[C@@H](C=O)NC(=O)c1ccccc1. The second-order valence-electron chi connectivity index (χ2n) is 3.99. The largest absolute Gasteiger partial charge is 0.343 e. The van der Waals surface area contributed by atoms with Gasteiger partial charge < -0.3 is 10.1 Å². The first kappa shape index (κ1) is 13.9. The van der Waals surface area contributed by atoms with E-state index < -0.39 is 6.04 Å². The van der Waals surface area contributed by atoms with Crippen molar-refractivity contribution >= 4 is 12.2 Å². The van der Waals surface area contributed by atoms with Gasteiger partial charge in [-0.1, -0.05) is 18.2 Å². The number of nitrogens with one attached hydrogen (secondary N) is 1. The van der Waals surface area contributed by atoms with E-state index in [4.69, 9.17) is 5.26 Å². The minimum atomic E-state index is -0.476. The van der Waals surface area contributed by atoms with E-state index in [1.165, 1.54) is 0 Å². The molecule has 1 aromatic carbocycles. The van der Waals surface area contributed by atoms with E-state index in [2.05, 4.69) is 11.4 Å². The Morgan fingerprint density at radius 2 is 2.06 bits per heavy atom. The first-order valence-corrected chi connectivity index (χ1v) is 5.96. The van der Waals surface area contributed by atoms with Crippen molar-refractivity contribution in [3.05, 3.63) is 35.9 Å². The molecule has 0 saturated heterocycles. The van der Waals surface area contributed by atoms with Crippen LogP contribution in [-0.4, -0.2) is 18.2 Å². The van der Waals surface area contributed by atoms with Gasteiger partial charge in [0, 0.05) is 12.0 Å². The van der Waals surface area contributed by atoms with E-state index in [1.54, 1.807) is 24.3 Å². The van der Waals surface area contributed by atoms with Gasteiger partial charge >= 0.3 is 0 Å². The number of aldehydes is 1. The van der Waals surface area contributed by atoms with Crippen molar-refractivity contribution in [2.75, 3.05) is 0 Å². The highest BCUT2D eigenvalue weighted by atomic mass is 16.2. The molecule has 0 radical (unpaired) electrons. The molecule has 1 N–H and O–H groups in total. The maximum absolute atomic E-state index is 11.8. The molecular formula is C14H16N2O2. The maximum Gasteiger partial charge on any atom is 0.251 e. The number of unbranched alkanes of at least 4 members (excludes halogenated alkanes) is 2. The molecule has 4 nitrogen and oxygen atoms in total. The standard InChI is InChI=1S/C14H16N2O2/c15-10-6-2-5-9-13(11-17)16-14(18)12-7-3-1-4-8-12/h1,3-4,7-8,11,13H,2,5-6,9H2,(H,16,18)/t13-/m0/s1. The van der Waals surface area contributed by atoms with Crippen molar-refractivity contribution in [3.8, 4) is 6.07 Å². The molecule has 1 atom stereocenters. The fraction of sp³-hybridized carbons (Fsp3) is 0.357.